The van der Waals surface area contributed by atoms with Crippen molar-refractivity contribution in [2.45, 2.75) is 85.0 Å². The van der Waals surface area contributed by atoms with Gasteiger partial charge in [-0.1, -0.05) is 34.6 Å². The van der Waals surface area contributed by atoms with Crippen LogP contribution in [0.3, 0.4) is 0 Å². The van der Waals surface area contributed by atoms with Crippen molar-refractivity contribution < 1.29 is 29.0 Å². The average Bonchev–Trinajstić information content (AvgIpc) is 3.37. The summed E-state index contributed by atoms with van der Waals surface area (Å²) >= 11 is 0. The third-order valence-electron chi connectivity index (χ3n) is 7.68. The number of likely N-dealkylation sites (tertiary alicyclic amines) is 1. The Labute approximate surface area is 224 Å². The van der Waals surface area contributed by atoms with Crippen LogP contribution in [-0.4, -0.2) is 80.5 Å². The molecule has 0 aromatic carbocycles. The molecular weight excluding hydrogens is 490 g/mol. The molecule has 1 saturated heterocycles. The Balaban J connectivity index is 1.85. The highest BCUT2D eigenvalue weighted by Gasteiger charge is 2.58. The lowest BCUT2D eigenvalue weighted by Crippen LogP contribution is -2.61. The fraction of sp³-hybridized carbons (Fsp3) is 0.704. The van der Waals surface area contributed by atoms with Gasteiger partial charge < -0.3 is 25.4 Å². The molecular formula is C27H41N5O6. The number of ether oxygens (including phenoxy) is 1. The van der Waals surface area contributed by atoms with Crippen LogP contribution in [0.2, 0.25) is 0 Å². The molecule has 11 heteroatoms. The van der Waals surface area contributed by atoms with Crippen molar-refractivity contribution in [3.05, 3.63) is 24.3 Å². The van der Waals surface area contributed by atoms with Gasteiger partial charge in [0.2, 0.25) is 11.8 Å². The lowest BCUT2D eigenvalue weighted by atomic mass is 9.85. The summed E-state index contributed by atoms with van der Waals surface area (Å²) < 4.78 is 5.32. The van der Waals surface area contributed by atoms with E-state index in [4.69, 9.17) is 4.74 Å². The molecule has 2 heterocycles. The maximum absolute atomic E-state index is 14.0. The molecule has 1 aromatic rings. The van der Waals surface area contributed by atoms with Gasteiger partial charge in [-0.25, -0.2) is 9.78 Å². The van der Waals surface area contributed by atoms with Gasteiger partial charge in [0.15, 0.2) is 0 Å². The van der Waals surface area contributed by atoms with Crippen LogP contribution in [0.4, 0.5) is 0 Å². The van der Waals surface area contributed by atoms with Gasteiger partial charge in [-0.2, -0.15) is 0 Å². The van der Waals surface area contributed by atoms with E-state index in [9.17, 15) is 24.3 Å². The Morgan fingerprint density at radius 3 is 2.45 bits per heavy atom. The minimum atomic E-state index is -1.00. The summed E-state index contributed by atoms with van der Waals surface area (Å²) in [5.74, 6) is -2.78. The number of nitrogens with zero attached hydrogens (tertiary/aromatic N) is 3. The zero-order chi connectivity index (χ0) is 28.4. The molecule has 0 radical (unpaired) electrons. The van der Waals surface area contributed by atoms with E-state index < -0.39 is 52.8 Å². The van der Waals surface area contributed by atoms with E-state index in [0.29, 0.717) is 12.8 Å². The van der Waals surface area contributed by atoms with Crippen LogP contribution in [0.1, 0.15) is 71.8 Å². The molecule has 3 N–H and O–H groups in total. The second kappa shape index (κ2) is 11.3. The van der Waals surface area contributed by atoms with E-state index in [2.05, 4.69) is 20.6 Å². The second-order valence-corrected chi connectivity index (χ2v) is 11.9. The number of rotatable bonds is 8. The summed E-state index contributed by atoms with van der Waals surface area (Å²) in [6, 6.07) is -2.77. The first kappa shape index (κ1) is 29.5. The van der Waals surface area contributed by atoms with Crippen molar-refractivity contribution in [3.63, 3.8) is 0 Å². The van der Waals surface area contributed by atoms with Gasteiger partial charge in [-0.15, -0.1) is 0 Å². The van der Waals surface area contributed by atoms with Gasteiger partial charge in [0.25, 0.3) is 5.91 Å². The number of aromatic nitrogens is 2. The number of amides is 3. The normalized spacial score (nSPS) is 26.4. The molecule has 6 atom stereocenters. The highest BCUT2D eigenvalue weighted by Crippen LogP contribution is 2.48. The van der Waals surface area contributed by atoms with E-state index in [1.807, 2.05) is 20.8 Å². The number of aliphatic hydroxyl groups is 1. The monoisotopic (exact) mass is 531 g/mol. The minimum Gasteiger partial charge on any atom is -0.464 e. The maximum atomic E-state index is 14.0. The van der Waals surface area contributed by atoms with Gasteiger partial charge in [-0.3, -0.25) is 19.4 Å². The molecule has 38 heavy (non-hydrogen) atoms. The summed E-state index contributed by atoms with van der Waals surface area (Å²) in [5, 5.41) is 16.5. The van der Waals surface area contributed by atoms with Crippen molar-refractivity contribution in [2.75, 3.05) is 13.2 Å². The van der Waals surface area contributed by atoms with Crippen LogP contribution in [0.25, 0.3) is 0 Å². The maximum Gasteiger partial charge on any atom is 0.329 e. The largest absolute Gasteiger partial charge is 0.464 e. The van der Waals surface area contributed by atoms with Crippen molar-refractivity contribution >= 4 is 23.7 Å². The number of fused-ring (bicyclic) bond motifs is 1. The van der Waals surface area contributed by atoms with Crippen molar-refractivity contribution in [1.29, 1.82) is 0 Å². The van der Waals surface area contributed by atoms with Gasteiger partial charge in [-0.05, 0) is 43.9 Å². The van der Waals surface area contributed by atoms with E-state index in [1.165, 1.54) is 23.5 Å². The van der Waals surface area contributed by atoms with Crippen LogP contribution in [0, 0.1) is 23.2 Å². The number of nitrogens with one attached hydrogen (secondary N) is 2. The highest BCUT2D eigenvalue weighted by molar-refractivity contribution is 5.97. The van der Waals surface area contributed by atoms with Crippen molar-refractivity contribution in [2.24, 2.45) is 23.2 Å². The molecule has 0 bridgehead atoms. The number of esters is 1. The molecule has 2 fully saturated rings. The van der Waals surface area contributed by atoms with E-state index in [1.54, 1.807) is 27.7 Å². The summed E-state index contributed by atoms with van der Waals surface area (Å²) in [6.07, 6.45) is 5.28. The fourth-order valence-electron chi connectivity index (χ4n) is 5.54. The Morgan fingerprint density at radius 2 is 1.89 bits per heavy atom. The number of carbonyl (C=O) groups is 4. The number of hydrogen-bond donors (Lipinski definition) is 3. The fourth-order valence-corrected chi connectivity index (χ4v) is 5.54. The molecule has 3 rings (SSSR count). The molecule has 1 aromatic heterocycles. The Kier molecular flexibility index (Phi) is 8.80. The quantitative estimate of drug-likeness (QED) is 0.425. The van der Waals surface area contributed by atoms with Gasteiger partial charge in [0.1, 0.15) is 23.8 Å². The highest BCUT2D eigenvalue weighted by atomic mass is 16.5. The Hall–Kier alpha value is -3.08. The summed E-state index contributed by atoms with van der Waals surface area (Å²) in [4.78, 5) is 62.6. The molecule has 3 amide bonds. The number of hydrogen-bond acceptors (Lipinski definition) is 8. The predicted molar refractivity (Wildman–Crippen MR) is 138 cm³/mol. The zero-order valence-electron chi connectivity index (χ0n) is 23.4. The summed E-state index contributed by atoms with van der Waals surface area (Å²) in [6.45, 7) is 12.9. The van der Waals surface area contributed by atoms with Crippen LogP contribution in [0.5, 0.6) is 0 Å². The Bertz CT molecular complexity index is 1040. The van der Waals surface area contributed by atoms with Crippen LogP contribution in [-0.2, 0) is 19.1 Å². The standard InChI is InChI=1S/C27H41N5O6/c1-8-38-25(36)20-16-9-10-27(7,37)17(16)14-32(20)24(35)21(26(4,5)6)31-23(34)19(15(2)3)30-22(33)18-13-28-11-12-29-18/h11-13,15-17,19-21,37H,8-10,14H2,1-7H3,(H,30,33)(H,31,34)/t16-,17-,19?,20?,21+,27+/m0/s1. The first-order valence-corrected chi connectivity index (χ1v) is 13.3. The predicted octanol–water partition coefficient (Wildman–Crippen LogP) is 1.31. The van der Waals surface area contributed by atoms with Gasteiger partial charge in [0.05, 0.1) is 18.4 Å². The third-order valence-corrected chi connectivity index (χ3v) is 7.68. The van der Waals surface area contributed by atoms with Crippen LogP contribution >= 0.6 is 0 Å². The molecule has 2 aliphatic rings. The molecule has 0 spiro atoms. The lowest BCUT2D eigenvalue weighted by Gasteiger charge is -2.37. The first-order chi connectivity index (χ1) is 17.7. The average molecular weight is 532 g/mol. The van der Waals surface area contributed by atoms with Crippen molar-refractivity contribution in [3.8, 4) is 0 Å². The summed E-state index contributed by atoms with van der Waals surface area (Å²) in [5.41, 5.74) is -1.65. The van der Waals surface area contributed by atoms with Crippen LogP contribution in [0.15, 0.2) is 18.6 Å². The number of carbonyl (C=O) groups excluding carboxylic acids is 4. The SMILES string of the molecule is CCOC(=O)C1[C@H]2CC[C@@](C)(O)[C@H]2CN1C(=O)[C@@H](NC(=O)C(NC(=O)c1cnccn1)C(C)C)C(C)(C)C. The molecule has 210 valence electrons. The third kappa shape index (κ3) is 6.14. The first-order valence-electron chi connectivity index (χ1n) is 13.3. The molecule has 2 unspecified atom stereocenters. The van der Waals surface area contributed by atoms with Gasteiger partial charge in [0, 0.05) is 24.9 Å². The Morgan fingerprint density at radius 1 is 1.21 bits per heavy atom. The van der Waals surface area contributed by atoms with Gasteiger partial charge >= 0.3 is 5.97 Å². The van der Waals surface area contributed by atoms with E-state index in [0.717, 1.165) is 0 Å². The molecule has 11 nitrogen and oxygen atoms in total. The smallest absolute Gasteiger partial charge is 0.329 e. The molecule has 1 aliphatic heterocycles. The van der Waals surface area contributed by atoms with Crippen LogP contribution < -0.4 is 10.6 Å². The summed E-state index contributed by atoms with van der Waals surface area (Å²) in [7, 11) is 0. The lowest BCUT2D eigenvalue weighted by molar-refractivity contribution is -0.156. The zero-order valence-corrected chi connectivity index (χ0v) is 23.4. The van der Waals surface area contributed by atoms with Crippen molar-refractivity contribution in [1.82, 2.24) is 25.5 Å². The molecule has 1 aliphatic carbocycles. The van der Waals surface area contributed by atoms with E-state index >= 15 is 0 Å². The molecule has 1 saturated carbocycles. The topological polar surface area (TPSA) is 151 Å². The van der Waals surface area contributed by atoms with E-state index in [-0.39, 0.29) is 36.6 Å². The minimum absolute atomic E-state index is 0.0716. The second-order valence-electron chi connectivity index (χ2n) is 11.9.